The number of benzene rings is 1. The zero-order valence-corrected chi connectivity index (χ0v) is 11.8. The zero-order valence-electron chi connectivity index (χ0n) is 11.0. The second-order valence-electron chi connectivity index (χ2n) is 4.49. The van der Waals surface area contributed by atoms with Gasteiger partial charge in [0.05, 0.1) is 5.69 Å². The lowest BCUT2D eigenvalue weighted by Gasteiger charge is -2.16. The molecule has 0 heterocycles. The topological polar surface area (TPSA) is 72.2 Å². The van der Waals surface area contributed by atoms with E-state index in [-0.39, 0.29) is 10.9 Å². The lowest BCUT2D eigenvalue weighted by molar-refractivity contribution is 0.562. The maximum absolute atomic E-state index is 12.3. The fourth-order valence-corrected chi connectivity index (χ4v) is 3.47. The standard InChI is InChI=1S/C13H20N2O2S/c1-5-6-11(4)15-18(16,17)13-10(3)8-7-9(2)12(13)14/h5,7-8,11,15H,1,6,14H2,2-4H3. The van der Waals surface area contributed by atoms with Crippen LogP contribution in [-0.4, -0.2) is 14.5 Å². The van der Waals surface area contributed by atoms with Gasteiger partial charge in [-0.15, -0.1) is 6.58 Å². The van der Waals surface area contributed by atoms with Crippen molar-refractivity contribution in [2.24, 2.45) is 0 Å². The van der Waals surface area contributed by atoms with E-state index in [0.717, 1.165) is 5.56 Å². The van der Waals surface area contributed by atoms with Gasteiger partial charge in [-0.2, -0.15) is 0 Å². The van der Waals surface area contributed by atoms with E-state index >= 15 is 0 Å². The maximum atomic E-state index is 12.3. The van der Waals surface area contributed by atoms with Crippen molar-refractivity contribution in [2.45, 2.75) is 38.1 Å². The van der Waals surface area contributed by atoms with Gasteiger partial charge in [0.2, 0.25) is 10.0 Å². The largest absolute Gasteiger partial charge is 0.397 e. The van der Waals surface area contributed by atoms with Crippen LogP contribution in [0, 0.1) is 13.8 Å². The highest BCUT2D eigenvalue weighted by Gasteiger charge is 2.22. The Bertz CT molecular complexity index is 550. The molecule has 0 bridgehead atoms. The number of hydrogen-bond acceptors (Lipinski definition) is 3. The van der Waals surface area contributed by atoms with Crippen LogP contribution in [0.1, 0.15) is 24.5 Å². The second-order valence-corrected chi connectivity index (χ2v) is 6.14. The SMILES string of the molecule is C=CCC(C)NS(=O)(=O)c1c(C)ccc(C)c1N. The van der Waals surface area contributed by atoms with E-state index in [0.29, 0.717) is 17.7 Å². The van der Waals surface area contributed by atoms with Gasteiger partial charge in [0.25, 0.3) is 0 Å². The van der Waals surface area contributed by atoms with Crippen LogP contribution in [0.15, 0.2) is 29.7 Å². The van der Waals surface area contributed by atoms with Gasteiger partial charge in [0, 0.05) is 6.04 Å². The van der Waals surface area contributed by atoms with E-state index < -0.39 is 10.0 Å². The fourth-order valence-electron chi connectivity index (χ4n) is 1.79. The van der Waals surface area contributed by atoms with E-state index in [2.05, 4.69) is 11.3 Å². The minimum Gasteiger partial charge on any atom is -0.397 e. The van der Waals surface area contributed by atoms with E-state index in [1.54, 1.807) is 32.9 Å². The molecule has 5 heteroatoms. The molecule has 3 N–H and O–H groups in total. The first-order valence-corrected chi connectivity index (χ1v) is 7.26. The average Bonchev–Trinajstić information content (AvgIpc) is 2.23. The van der Waals surface area contributed by atoms with Crippen LogP contribution in [0.3, 0.4) is 0 Å². The highest BCUT2D eigenvalue weighted by Crippen LogP contribution is 2.25. The van der Waals surface area contributed by atoms with E-state index in [1.807, 2.05) is 6.07 Å². The molecule has 1 atom stereocenters. The Morgan fingerprint density at radius 1 is 1.39 bits per heavy atom. The van der Waals surface area contributed by atoms with Crippen LogP contribution in [0.25, 0.3) is 0 Å². The van der Waals surface area contributed by atoms with Gasteiger partial charge in [-0.1, -0.05) is 18.2 Å². The molecular formula is C13H20N2O2S. The third kappa shape index (κ3) is 3.11. The summed E-state index contributed by atoms with van der Waals surface area (Å²) in [6.45, 7) is 8.92. The molecule has 0 radical (unpaired) electrons. The summed E-state index contributed by atoms with van der Waals surface area (Å²) in [4.78, 5) is 0.179. The van der Waals surface area contributed by atoms with Gasteiger partial charge < -0.3 is 5.73 Å². The smallest absolute Gasteiger partial charge is 0.243 e. The van der Waals surface area contributed by atoms with Crippen molar-refractivity contribution in [3.05, 3.63) is 35.9 Å². The molecule has 0 aliphatic carbocycles. The van der Waals surface area contributed by atoms with Crippen LogP contribution < -0.4 is 10.5 Å². The van der Waals surface area contributed by atoms with Crippen LogP contribution in [0.4, 0.5) is 5.69 Å². The summed E-state index contributed by atoms with van der Waals surface area (Å²) < 4.78 is 27.2. The Morgan fingerprint density at radius 2 is 1.94 bits per heavy atom. The number of nitrogen functional groups attached to an aromatic ring is 1. The Kier molecular flexibility index (Phi) is 4.53. The second kappa shape index (κ2) is 5.54. The number of sulfonamides is 1. The van der Waals surface area contributed by atoms with Crippen LogP contribution >= 0.6 is 0 Å². The Labute approximate surface area is 109 Å². The lowest BCUT2D eigenvalue weighted by atomic mass is 10.1. The van der Waals surface area contributed by atoms with Crippen molar-refractivity contribution >= 4 is 15.7 Å². The van der Waals surface area contributed by atoms with Crippen molar-refractivity contribution in [1.82, 2.24) is 4.72 Å². The molecule has 1 aromatic rings. The molecule has 1 unspecified atom stereocenters. The van der Waals surface area contributed by atoms with Crippen molar-refractivity contribution in [1.29, 1.82) is 0 Å². The van der Waals surface area contributed by atoms with Gasteiger partial charge in [-0.05, 0) is 38.3 Å². The molecule has 0 aromatic heterocycles. The average molecular weight is 268 g/mol. The molecule has 0 aliphatic heterocycles. The molecular weight excluding hydrogens is 248 g/mol. The first-order valence-electron chi connectivity index (χ1n) is 5.78. The van der Waals surface area contributed by atoms with Gasteiger partial charge in [-0.25, -0.2) is 13.1 Å². The number of nitrogens with two attached hydrogens (primary N) is 1. The number of hydrogen-bond donors (Lipinski definition) is 2. The van der Waals surface area contributed by atoms with Crippen molar-refractivity contribution in [2.75, 3.05) is 5.73 Å². The lowest BCUT2D eigenvalue weighted by Crippen LogP contribution is -2.33. The molecule has 0 saturated heterocycles. The first-order chi connectivity index (χ1) is 8.29. The molecule has 0 amide bonds. The number of rotatable bonds is 5. The minimum absolute atomic E-state index is 0.179. The molecule has 0 aliphatic rings. The number of anilines is 1. The fraction of sp³-hybridized carbons (Fsp3) is 0.385. The quantitative estimate of drug-likeness (QED) is 0.634. The third-order valence-corrected chi connectivity index (χ3v) is 4.55. The summed E-state index contributed by atoms with van der Waals surface area (Å²) in [6, 6.07) is 3.38. The summed E-state index contributed by atoms with van der Waals surface area (Å²) in [7, 11) is -3.59. The van der Waals surface area contributed by atoms with Crippen LogP contribution in [-0.2, 0) is 10.0 Å². The van der Waals surface area contributed by atoms with E-state index in [4.69, 9.17) is 5.73 Å². The predicted octanol–water partition coefficient (Wildman–Crippen LogP) is 2.13. The summed E-state index contributed by atoms with van der Waals surface area (Å²) in [6.07, 6.45) is 2.25. The van der Waals surface area contributed by atoms with Gasteiger partial charge in [0.1, 0.15) is 4.90 Å². The number of aryl methyl sites for hydroxylation is 2. The van der Waals surface area contributed by atoms with E-state index in [9.17, 15) is 8.42 Å². The van der Waals surface area contributed by atoms with Crippen molar-refractivity contribution in [3.8, 4) is 0 Å². The molecule has 0 spiro atoms. The van der Waals surface area contributed by atoms with Gasteiger partial charge >= 0.3 is 0 Å². The highest BCUT2D eigenvalue weighted by molar-refractivity contribution is 7.89. The predicted molar refractivity (Wildman–Crippen MR) is 74.9 cm³/mol. The Hall–Kier alpha value is -1.33. The Balaban J connectivity index is 3.21. The Morgan fingerprint density at radius 3 is 2.50 bits per heavy atom. The van der Waals surface area contributed by atoms with Crippen molar-refractivity contribution in [3.63, 3.8) is 0 Å². The monoisotopic (exact) mass is 268 g/mol. The summed E-state index contributed by atoms with van der Waals surface area (Å²) in [5.74, 6) is 0. The van der Waals surface area contributed by atoms with Crippen LogP contribution in [0.2, 0.25) is 0 Å². The highest BCUT2D eigenvalue weighted by atomic mass is 32.2. The molecule has 1 rings (SSSR count). The van der Waals surface area contributed by atoms with E-state index in [1.165, 1.54) is 0 Å². The van der Waals surface area contributed by atoms with Gasteiger partial charge in [0.15, 0.2) is 0 Å². The molecule has 100 valence electrons. The summed E-state index contributed by atoms with van der Waals surface area (Å²) >= 11 is 0. The molecule has 0 fully saturated rings. The summed E-state index contributed by atoms with van der Waals surface area (Å²) in [5.41, 5.74) is 7.60. The molecule has 1 aromatic carbocycles. The normalized spacial score (nSPS) is 13.3. The number of nitrogens with one attached hydrogen (secondary N) is 1. The molecule has 4 nitrogen and oxygen atoms in total. The van der Waals surface area contributed by atoms with Gasteiger partial charge in [-0.3, -0.25) is 0 Å². The van der Waals surface area contributed by atoms with Crippen LogP contribution in [0.5, 0.6) is 0 Å². The maximum Gasteiger partial charge on any atom is 0.243 e. The van der Waals surface area contributed by atoms with Crippen molar-refractivity contribution < 1.29 is 8.42 Å². The summed E-state index contributed by atoms with van der Waals surface area (Å²) in [5, 5.41) is 0. The minimum atomic E-state index is -3.59. The zero-order chi connectivity index (χ0) is 13.9. The third-order valence-electron chi connectivity index (χ3n) is 2.76. The first kappa shape index (κ1) is 14.7. The molecule has 0 saturated carbocycles. The molecule has 18 heavy (non-hydrogen) atoms.